The van der Waals surface area contributed by atoms with Crippen LogP contribution in [0.4, 0.5) is 0 Å². The van der Waals surface area contributed by atoms with Crippen molar-refractivity contribution in [3.63, 3.8) is 0 Å². The highest BCUT2D eigenvalue weighted by Gasteiger charge is 2.52. The minimum absolute atomic E-state index is 0.0338. The molecule has 2 unspecified atom stereocenters. The monoisotopic (exact) mass is 421 g/mol. The van der Waals surface area contributed by atoms with Crippen molar-refractivity contribution in [3.05, 3.63) is 78.0 Å². The fraction of sp³-hybridized carbons (Fsp3) is 0.217. The molecule has 31 heavy (non-hydrogen) atoms. The Morgan fingerprint density at radius 3 is 2.55 bits per heavy atom. The first-order chi connectivity index (χ1) is 15.0. The first kappa shape index (κ1) is 20.3. The average Bonchev–Trinajstić information content (AvgIpc) is 3.42. The van der Waals surface area contributed by atoms with Crippen LogP contribution in [0.25, 0.3) is 0 Å². The Morgan fingerprint density at radius 1 is 1.10 bits per heavy atom. The summed E-state index contributed by atoms with van der Waals surface area (Å²) in [4.78, 5) is 43.5. The van der Waals surface area contributed by atoms with Crippen LogP contribution in [0.15, 0.2) is 65.5 Å². The van der Waals surface area contributed by atoms with Gasteiger partial charge in [0.2, 0.25) is 11.6 Å². The number of nitrogens with one attached hydrogen (secondary N) is 1. The van der Waals surface area contributed by atoms with Gasteiger partial charge in [-0.1, -0.05) is 6.07 Å². The molecule has 1 fully saturated rings. The topological polar surface area (TPSA) is 100 Å². The number of rotatable bonds is 7. The summed E-state index contributed by atoms with van der Waals surface area (Å²) < 4.78 is 15.9. The highest BCUT2D eigenvalue weighted by atomic mass is 16.5. The third-order valence-corrected chi connectivity index (χ3v) is 5.33. The number of amides is 1. The van der Waals surface area contributed by atoms with Gasteiger partial charge in [-0.2, -0.15) is 0 Å². The van der Waals surface area contributed by atoms with Crippen LogP contribution in [-0.4, -0.2) is 36.6 Å². The molecule has 8 nitrogen and oxygen atoms in total. The molecule has 2 aromatic heterocycles. The molecule has 0 saturated carbocycles. The Bertz CT molecular complexity index is 1110. The number of carbonyl (C=O) groups is 3. The van der Waals surface area contributed by atoms with Gasteiger partial charge in [0.05, 0.1) is 33.1 Å². The van der Waals surface area contributed by atoms with E-state index in [9.17, 15) is 14.4 Å². The van der Waals surface area contributed by atoms with E-state index in [-0.39, 0.29) is 12.3 Å². The van der Waals surface area contributed by atoms with Gasteiger partial charge >= 0.3 is 0 Å². The van der Waals surface area contributed by atoms with Gasteiger partial charge in [0.1, 0.15) is 5.92 Å². The van der Waals surface area contributed by atoms with E-state index in [4.69, 9.17) is 13.9 Å². The van der Waals surface area contributed by atoms with E-state index in [0.717, 1.165) is 5.56 Å². The first-order valence-electron chi connectivity index (χ1n) is 9.64. The van der Waals surface area contributed by atoms with E-state index < -0.39 is 29.4 Å². The van der Waals surface area contributed by atoms with Crippen molar-refractivity contribution in [2.45, 2.75) is 12.6 Å². The van der Waals surface area contributed by atoms with E-state index in [1.807, 2.05) is 6.07 Å². The molecular weight excluding hydrogens is 400 g/mol. The number of benzene rings is 1. The van der Waals surface area contributed by atoms with E-state index in [1.54, 1.807) is 42.7 Å². The molecule has 2 atom stereocenters. The maximum Gasteiger partial charge on any atom is 0.291 e. The smallest absolute Gasteiger partial charge is 0.291 e. The Balaban J connectivity index is 1.81. The molecule has 1 aliphatic rings. The van der Waals surface area contributed by atoms with Crippen LogP contribution >= 0.6 is 0 Å². The van der Waals surface area contributed by atoms with Crippen molar-refractivity contribution in [1.82, 2.24) is 4.90 Å². The number of pyridine rings is 1. The van der Waals surface area contributed by atoms with E-state index in [2.05, 4.69) is 4.98 Å². The number of aromatic amines is 1. The average molecular weight is 421 g/mol. The summed E-state index contributed by atoms with van der Waals surface area (Å²) in [5, 5.41) is 0. The number of carbonyl (C=O) groups excluding carboxylic acids is 3. The lowest BCUT2D eigenvalue weighted by molar-refractivity contribution is -0.378. The second-order valence-corrected chi connectivity index (χ2v) is 7.09. The molecule has 1 aromatic carbocycles. The molecule has 3 heterocycles. The number of ether oxygens (including phenoxy) is 2. The summed E-state index contributed by atoms with van der Waals surface area (Å²) in [6.07, 6.45) is 4.85. The molecular formula is C23H21N2O6+. The number of ketones is 2. The fourth-order valence-electron chi connectivity index (χ4n) is 3.86. The van der Waals surface area contributed by atoms with Crippen LogP contribution in [0.1, 0.15) is 27.7 Å². The second kappa shape index (κ2) is 8.43. The number of hydrogen-bond acceptors (Lipinski definition) is 6. The van der Waals surface area contributed by atoms with Crippen LogP contribution in [0.3, 0.4) is 0 Å². The lowest BCUT2D eigenvalue weighted by Crippen LogP contribution is -2.30. The Labute approximate surface area is 178 Å². The Morgan fingerprint density at radius 2 is 1.90 bits per heavy atom. The second-order valence-electron chi connectivity index (χ2n) is 7.09. The van der Waals surface area contributed by atoms with Crippen LogP contribution < -0.4 is 14.5 Å². The third-order valence-electron chi connectivity index (χ3n) is 5.33. The van der Waals surface area contributed by atoms with Crippen LogP contribution in [0.5, 0.6) is 11.5 Å². The molecule has 0 spiro atoms. The zero-order valence-electron chi connectivity index (χ0n) is 17.0. The maximum atomic E-state index is 13.2. The number of hydrogen-bond donors (Lipinski definition) is 0. The summed E-state index contributed by atoms with van der Waals surface area (Å²) in [5.74, 6) is -2.28. The van der Waals surface area contributed by atoms with Gasteiger partial charge in [-0.15, -0.1) is 0 Å². The SMILES string of the molecule is COc1ccc(C2C(C(=O)c3ccco3)C(=O)C(=O)N2Cc2ccc[nH+]c2)cc1OC. The molecule has 4 rings (SSSR count). The highest BCUT2D eigenvalue weighted by molar-refractivity contribution is 6.43. The van der Waals surface area contributed by atoms with Gasteiger partial charge < -0.3 is 18.8 Å². The molecule has 1 saturated heterocycles. The summed E-state index contributed by atoms with van der Waals surface area (Å²) in [7, 11) is 3.01. The molecule has 1 N–H and O–H groups in total. The zero-order chi connectivity index (χ0) is 22.0. The van der Waals surface area contributed by atoms with Gasteiger partial charge in [-0.05, 0) is 35.9 Å². The van der Waals surface area contributed by atoms with Crippen LogP contribution in [0.2, 0.25) is 0 Å². The summed E-state index contributed by atoms with van der Waals surface area (Å²) >= 11 is 0. The number of Topliss-reactive ketones (excluding diaryl/α,β-unsaturated/α-hetero) is 2. The van der Waals surface area contributed by atoms with Gasteiger partial charge in [0, 0.05) is 11.6 Å². The Kier molecular flexibility index (Phi) is 5.53. The normalized spacial score (nSPS) is 18.3. The van der Waals surface area contributed by atoms with Crippen molar-refractivity contribution in [2.75, 3.05) is 14.2 Å². The minimum atomic E-state index is -1.23. The van der Waals surface area contributed by atoms with Crippen molar-refractivity contribution in [3.8, 4) is 11.5 Å². The standard InChI is InChI=1S/C23H20N2O6/c1-29-16-8-7-15(11-18(16)30-2)20-19(21(26)17-6-4-10-31-17)22(27)23(28)25(20)13-14-5-3-9-24-12-14/h3-12,19-20H,13H2,1-2H3/p+1. The lowest BCUT2D eigenvalue weighted by Gasteiger charge is -2.27. The maximum absolute atomic E-state index is 13.2. The highest BCUT2D eigenvalue weighted by Crippen LogP contribution is 2.41. The quantitative estimate of drug-likeness (QED) is 0.330. The van der Waals surface area contributed by atoms with E-state index >= 15 is 0 Å². The molecule has 3 aromatic rings. The Hall–Kier alpha value is -3.94. The van der Waals surface area contributed by atoms with Crippen molar-refractivity contribution in [1.29, 1.82) is 0 Å². The van der Waals surface area contributed by atoms with Crippen molar-refractivity contribution < 1.29 is 33.3 Å². The molecule has 158 valence electrons. The molecule has 1 amide bonds. The number of H-pyrrole nitrogens is 1. The van der Waals surface area contributed by atoms with Gasteiger partial charge in [0.25, 0.3) is 5.91 Å². The van der Waals surface area contributed by atoms with Gasteiger partial charge in [0.15, 0.2) is 29.7 Å². The number of methoxy groups -OCH3 is 2. The molecule has 1 aliphatic heterocycles. The zero-order valence-corrected chi connectivity index (χ0v) is 17.0. The van der Waals surface area contributed by atoms with Crippen LogP contribution in [0, 0.1) is 5.92 Å². The number of aromatic nitrogens is 1. The summed E-state index contributed by atoms with van der Waals surface area (Å²) in [5.41, 5.74) is 1.38. The summed E-state index contributed by atoms with van der Waals surface area (Å²) in [6, 6.07) is 11.0. The number of likely N-dealkylation sites (tertiary alicyclic amines) is 1. The first-order valence-corrected chi connectivity index (χ1v) is 9.64. The van der Waals surface area contributed by atoms with E-state index in [1.165, 1.54) is 31.4 Å². The molecule has 0 radical (unpaired) electrons. The number of furan rings is 1. The lowest BCUT2D eigenvalue weighted by atomic mass is 9.88. The predicted octanol–water partition coefficient (Wildman–Crippen LogP) is 2.26. The minimum Gasteiger partial charge on any atom is -0.493 e. The van der Waals surface area contributed by atoms with Gasteiger partial charge in [-0.25, -0.2) is 4.98 Å². The van der Waals surface area contributed by atoms with E-state index in [0.29, 0.717) is 17.1 Å². The summed E-state index contributed by atoms with van der Waals surface area (Å²) in [6.45, 7) is 0.156. The van der Waals surface area contributed by atoms with Crippen molar-refractivity contribution in [2.24, 2.45) is 5.92 Å². The molecule has 0 bridgehead atoms. The fourth-order valence-corrected chi connectivity index (χ4v) is 3.86. The van der Waals surface area contributed by atoms with Crippen molar-refractivity contribution >= 4 is 17.5 Å². The van der Waals surface area contributed by atoms with Gasteiger partial charge in [-0.3, -0.25) is 14.4 Å². The number of nitrogens with zero attached hydrogens (tertiary/aromatic N) is 1. The molecule has 0 aliphatic carbocycles. The largest absolute Gasteiger partial charge is 0.493 e. The van der Waals surface area contributed by atoms with Crippen LogP contribution in [-0.2, 0) is 16.1 Å². The predicted molar refractivity (Wildman–Crippen MR) is 107 cm³/mol. The molecule has 8 heteroatoms. The third kappa shape index (κ3) is 3.68.